The quantitative estimate of drug-likeness (QED) is 0.695. The molecule has 0 aromatic carbocycles. The Morgan fingerprint density at radius 2 is 2.31 bits per heavy atom. The first-order chi connectivity index (χ1) is 6.29. The van der Waals surface area contributed by atoms with Gasteiger partial charge in [0.15, 0.2) is 0 Å². The maximum Gasteiger partial charge on any atom is 0.0942 e. The average Bonchev–Trinajstić information content (AvgIpc) is 2.90. The van der Waals surface area contributed by atoms with Crippen LogP contribution in [0.3, 0.4) is 0 Å². The van der Waals surface area contributed by atoms with E-state index in [-0.39, 0.29) is 5.60 Å². The van der Waals surface area contributed by atoms with Crippen LogP contribution in [0.5, 0.6) is 0 Å². The summed E-state index contributed by atoms with van der Waals surface area (Å²) < 4.78 is 5.78. The highest BCUT2D eigenvalue weighted by Gasteiger charge is 2.42. The van der Waals surface area contributed by atoms with E-state index in [1.54, 1.807) is 0 Å². The molecule has 0 bridgehead atoms. The molecule has 1 atom stereocenters. The van der Waals surface area contributed by atoms with Crippen LogP contribution in [0, 0.1) is 0 Å². The molecule has 0 spiro atoms. The highest BCUT2D eigenvalue weighted by atomic mass is 16.5. The van der Waals surface area contributed by atoms with Crippen LogP contribution in [-0.2, 0) is 4.74 Å². The number of ether oxygens (including phenoxy) is 1. The van der Waals surface area contributed by atoms with Crippen LogP contribution in [0.2, 0.25) is 0 Å². The minimum absolute atomic E-state index is 0.0165. The van der Waals surface area contributed by atoms with Crippen molar-refractivity contribution in [3.05, 3.63) is 0 Å². The monoisotopic (exact) mass is 184 g/mol. The molecule has 0 radical (unpaired) electrons. The van der Waals surface area contributed by atoms with Crippen LogP contribution >= 0.6 is 0 Å². The topological polar surface area (TPSA) is 38.5 Å². The van der Waals surface area contributed by atoms with Crippen molar-refractivity contribution in [1.29, 1.82) is 0 Å². The predicted octanol–water partition coefficient (Wildman–Crippen LogP) is 0.588. The van der Waals surface area contributed by atoms with Gasteiger partial charge in [-0.25, -0.2) is 0 Å². The molecule has 0 aromatic heterocycles. The summed E-state index contributed by atoms with van der Waals surface area (Å²) in [4.78, 5) is 2.54. The highest BCUT2D eigenvalue weighted by molar-refractivity contribution is 4.98. The van der Waals surface area contributed by atoms with E-state index in [0.29, 0.717) is 6.54 Å². The lowest BCUT2D eigenvalue weighted by Gasteiger charge is -2.27. The van der Waals surface area contributed by atoms with Crippen LogP contribution in [0.15, 0.2) is 0 Å². The smallest absolute Gasteiger partial charge is 0.0942 e. The minimum atomic E-state index is -0.0165. The Kier molecular flexibility index (Phi) is 2.58. The zero-order chi connectivity index (χ0) is 9.31. The maximum atomic E-state index is 5.79. The molecular weight excluding hydrogens is 164 g/mol. The third-order valence-electron chi connectivity index (χ3n) is 3.23. The highest BCUT2D eigenvalue weighted by Crippen LogP contribution is 2.34. The number of hydrogen-bond acceptors (Lipinski definition) is 3. The van der Waals surface area contributed by atoms with Crippen LogP contribution < -0.4 is 5.73 Å². The van der Waals surface area contributed by atoms with E-state index in [1.165, 1.54) is 19.4 Å². The van der Waals surface area contributed by atoms with Crippen molar-refractivity contribution in [2.24, 2.45) is 5.73 Å². The molecular formula is C10H20N2O. The van der Waals surface area contributed by atoms with Crippen LogP contribution in [-0.4, -0.2) is 42.8 Å². The zero-order valence-electron chi connectivity index (χ0n) is 8.46. The second-order valence-corrected chi connectivity index (χ2v) is 4.27. The molecule has 1 saturated heterocycles. The average molecular weight is 184 g/mol. The lowest BCUT2D eigenvalue weighted by atomic mass is 10.0. The fourth-order valence-corrected chi connectivity index (χ4v) is 2.28. The maximum absolute atomic E-state index is 5.79. The Balaban J connectivity index is 1.91. The Morgan fingerprint density at radius 3 is 2.85 bits per heavy atom. The van der Waals surface area contributed by atoms with Crippen molar-refractivity contribution in [2.75, 3.05) is 26.2 Å². The molecule has 76 valence electrons. The van der Waals surface area contributed by atoms with Gasteiger partial charge < -0.3 is 10.5 Å². The molecule has 1 heterocycles. The van der Waals surface area contributed by atoms with Crippen molar-refractivity contribution in [3.8, 4) is 0 Å². The second-order valence-electron chi connectivity index (χ2n) is 4.27. The largest absolute Gasteiger partial charge is 0.373 e. The van der Waals surface area contributed by atoms with E-state index >= 15 is 0 Å². The predicted molar refractivity (Wildman–Crippen MR) is 52.6 cm³/mol. The summed E-state index contributed by atoms with van der Waals surface area (Å²) in [6.45, 7) is 5.75. The number of likely N-dealkylation sites (tertiary alicyclic amines) is 1. The molecule has 13 heavy (non-hydrogen) atoms. The van der Waals surface area contributed by atoms with Gasteiger partial charge >= 0.3 is 0 Å². The van der Waals surface area contributed by atoms with Crippen LogP contribution in [0.25, 0.3) is 0 Å². The Hall–Kier alpha value is -0.120. The molecule has 1 aliphatic carbocycles. The second kappa shape index (κ2) is 3.56. The summed E-state index contributed by atoms with van der Waals surface area (Å²) >= 11 is 0. The van der Waals surface area contributed by atoms with Gasteiger partial charge in [0, 0.05) is 32.3 Å². The molecule has 0 amide bonds. The molecule has 0 aromatic rings. The van der Waals surface area contributed by atoms with E-state index in [0.717, 1.165) is 25.6 Å². The van der Waals surface area contributed by atoms with E-state index in [4.69, 9.17) is 10.5 Å². The Labute approximate surface area is 80.2 Å². The molecule has 2 rings (SSSR count). The van der Waals surface area contributed by atoms with Gasteiger partial charge in [-0.2, -0.15) is 0 Å². The van der Waals surface area contributed by atoms with Crippen molar-refractivity contribution in [2.45, 2.75) is 37.8 Å². The van der Waals surface area contributed by atoms with Gasteiger partial charge in [-0.3, -0.25) is 4.90 Å². The number of rotatable bonds is 4. The van der Waals surface area contributed by atoms with Crippen molar-refractivity contribution in [1.82, 2.24) is 4.90 Å². The zero-order valence-corrected chi connectivity index (χ0v) is 8.46. The number of nitrogens with two attached hydrogens (primary N) is 1. The number of nitrogens with zero attached hydrogens (tertiary/aromatic N) is 1. The van der Waals surface area contributed by atoms with Crippen LogP contribution in [0.1, 0.15) is 26.2 Å². The Bertz CT molecular complexity index is 182. The summed E-state index contributed by atoms with van der Waals surface area (Å²) in [6, 6.07) is 0.855. The van der Waals surface area contributed by atoms with Gasteiger partial charge in [-0.15, -0.1) is 0 Å². The van der Waals surface area contributed by atoms with Crippen molar-refractivity contribution in [3.63, 3.8) is 0 Å². The third kappa shape index (κ3) is 1.87. The Morgan fingerprint density at radius 1 is 1.54 bits per heavy atom. The van der Waals surface area contributed by atoms with E-state index in [2.05, 4.69) is 11.8 Å². The molecule has 2 fully saturated rings. The van der Waals surface area contributed by atoms with E-state index in [9.17, 15) is 0 Å². The van der Waals surface area contributed by atoms with Gasteiger partial charge in [0.2, 0.25) is 0 Å². The molecule has 3 nitrogen and oxygen atoms in total. The van der Waals surface area contributed by atoms with Gasteiger partial charge in [-0.05, 0) is 26.2 Å². The van der Waals surface area contributed by atoms with Gasteiger partial charge in [0.25, 0.3) is 0 Å². The molecule has 1 unspecified atom stereocenters. The van der Waals surface area contributed by atoms with Crippen LogP contribution in [0.4, 0.5) is 0 Å². The molecule has 2 aliphatic rings. The lowest BCUT2D eigenvalue weighted by molar-refractivity contribution is -0.0241. The van der Waals surface area contributed by atoms with Gasteiger partial charge in [-0.1, -0.05) is 0 Å². The van der Waals surface area contributed by atoms with E-state index < -0.39 is 0 Å². The number of hydrogen-bond donors (Lipinski definition) is 1. The molecule has 1 aliphatic heterocycles. The molecule has 2 N–H and O–H groups in total. The normalized spacial score (nSPS) is 35.5. The SMILES string of the molecule is CCOC1(CN)CCN(C2CC2)C1. The first-order valence-electron chi connectivity index (χ1n) is 5.38. The fourth-order valence-electron chi connectivity index (χ4n) is 2.28. The van der Waals surface area contributed by atoms with Crippen molar-refractivity contribution < 1.29 is 4.74 Å². The summed E-state index contributed by atoms with van der Waals surface area (Å²) in [5.41, 5.74) is 5.77. The first-order valence-corrected chi connectivity index (χ1v) is 5.38. The third-order valence-corrected chi connectivity index (χ3v) is 3.23. The van der Waals surface area contributed by atoms with Crippen molar-refractivity contribution >= 4 is 0 Å². The van der Waals surface area contributed by atoms with E-state index in [1.807, 2.05) is 0 Å². The van der Waals surface area contributed by atoms with Gasteiger partial charge in [0.05, 0.1) is 5.60 Å². The summed E-state index contributed by atoms with van der Waals surface area (Å²) in [7, 11) is 0. The fraction of sp³-hybridized carbons (Fsp3) is 1.00. The molecule has 3 heteroatoms. The minimum Gasteiger partial charge on any atom is -0.373 e. The first kappa shape index (κ1) is 9.44. The van der Waals surface area contributed by atoms with Gasteiger partial charge in [0.1, 0.15) is 0 Å². The molecule has 1 saturated carbocycles. The lowest BCUT2D eigenvalue weighted by Crippen LogP contribution is -2.43. The summed E-state index contributed by atoms with van der Waals surface area (Å²) in [6.07, 6.45) is 3.88. The summed E-state index contributed by atoms with van der Waals surface area (Å²) in [5.74, 6) is 0. The summed E-state index contributed by atoms with van der Waals surface area (Å²) in [5, 5.41) is 0. The standard InChI is InChI=1S/C10H20N2O/c1-2-13-10(7-11)5-6-12(8-10)9-3-4-9/h9H,2-8,11H2,1H3.